The Morgan fingerprint density at radius 3 is 2.45 bits per heavy atom. The van der Waals surface area contributed by atoms with E-state index in [1.165, 1.54) is 4.88 Å². The molecule has 122 valence electrons. The van der Waals surface area contributed by atoms with Crippen LogP contribution in [-0.4, -0.2) is 30.2 Å². The Kier molecular flexibility index (Phi) is 4.29. The molecule has 0 spiro atoms. The average Bonchev–Trinajstić information content (AvgIpc) is 2.77. The number of thiophene rings is 1. The fourth-order valence-corrected chi connectivity index (χ4v) is 4.25. The van der Waals surface area contributed by atoms with E-state index in [1.54, 1.807) is 16.2 Å². The van der Waals surface area contributed by atoms with Gasteiger partial charge in [0.2, 0.25) is 5.91 Å². The lowest BCUT2D eigenvalue weighted by Crippen LogP contribution is -2.51. The lowest BCUT2D eigenvalue weighted by atomic mass is 9.70. The minimum atomic E-state index is -0.625. The Morgan fingerprint density at radius 2 is 1.95 bits per heavy atom. The highest BCUT2D eigenvalue weighted by molar-refractivity contribution is 7.12. The summed E-state index contributed by atoms with van der Waals surface area (Å²) in [5, 5.41) is 0. The molecule has 22 heavy (non-hydrogen) atoms. The summed E-state index contributed by atoms with van der Waals surface area (Å²) in [5.41, 5.74) is 0.234. The molecule has 0 N–H and O–H groups in total. The lowest BCUT2D eigenvalue weighted by molar-refractivity contribution is -0.145. The Morgan fingerprint density at radius 1 is 1.36 bits per heavy atom. The zero-order valence-electron chi connectivity index (χ0n) is 14.7. The smallest absolute Gasteiger partial charge is 0.228 e. The van der Waals surface area contributed by atoms with Gasteiger partial charge in [0.1, 0.15) is 0 Å². The minimum absolute atomic E-state index is 0.0477. The first-order valence-electron chi connectivity index (χ1n) is 7.87. The van der Waals surface area contributed by atoms with E-state index in [-0.39, 0.29) is 23.0 Å². The van der Waals surface area contributed by atoms with Crippen molar-refractivity contribution >= 4 is 23.0 Å². The maximum Gasteiger partial charge on any atom is 0.228 e. The molecule has 1 saturated heterocycles. The first kappa shape index (κ1) is 17.2. The van der Waals surface area contributed by atoms with Crippen molar-refractivity contribution in [2.45, 2.75) is 53.4 Å². The van der Waals surface area contributed by atoms with Gasteiger partial charge in [-0.25, -0.2) is 0 Å². The molecule has 2 heterocycles. The van der Waals surface area contributed by atoms with Gasteiger partial charge in [-0.1, -0.05) is 34.6 Å². The van der Waals surface area contributed by atoms with Crippen molar-refractivity contribution in [2.75, 3.05) is 13.6 Å². The predicted octanol–water partition coefficient (Wildman–Crippen LogP) is 4.04. The molecular weight excluding hydrogens is 294 g/mol. The van der Waals surface area contributed by atoms with Crippen molar-refractivity contribution in [2.24, 2.45) is 11.3 Å². The van der Waals surface area contributed by atoms with Gasteiger partial charge in [-0.05, 0) is 24.8 Å². The monoisotopic (exact) mass is 321 g/mol. The number of ketones is 1. The van der Waals surface area contributed by atoms with Gasteiger partial charge in [0, 0.05) is 34.8 Å². The minimum Gasteiger partial charge on any atom is -0.345 e. The summed E-state index contributed by atoms with van der Waals surface area (Å²) in [4.78, 5) is 29.5. The second-order valence-corrected chi connectivity index (χ2v) is 9.24. The van der Waals surface area contributed by atoms with E-state index >= 15 is 0 Å². The molecule has 0 bridgehead atoms. The normalized spacial score (nSPS) is 22.0. The predicted molar refractivity (Wildman–Crippen MR) is 91.6 cm³/mol. The van der Waals surface area contributed by atoms with E-state index in [4.69, 9.17) is 0 Å². The summed E-state index contributed by atoms with van der Waals surface area (Å²) in [6.45, 7) is 13.0. The zero-order chi connectivity index (χ0) is 16.9. The number of aryl methyl sites for hydroxylation is 1. The molecule has 2 rings (SSSR count). The van der Waals surface area contributed by atoms with Crippen LogP contribution in [-0.2, 0) is 10.2 Å². The first-order valence-corrected chi connectivity index (χ1v) is 8.68. The zero-order valence-corrected chi connectivity index (χ0v) is 15.6. The van der Waals surface area contributed by atoms with Gasteiger partial charge in [0.15, 0.2) is 5.78 Å². The molecule has 0 aromatic carbocycles. The standard InChI is InChI=1S/C18H27NO2S/c1-11-12(10-14(22-11)17(2,3)4)15(20)13-8-9-19(7)16(21)18(13,5)6/h10,13H,8-9H2,1-7H3. The molecule has 1 unspecified atom stereocenters. The van der Waals surface area contributed by atoms with Crippen LogP contribution in [0.2, 0.25) is 0 Å². The van der Waals surface area contributed by atoms with Crippen LogP contribution in [0.15, 0.2) is 6.07 Å². The van der Waals surface area contributed by atoms with Crippen molar-refractivity contribution in [1.82, 2.24) is 4.90 Å². The second kappa shape index (κ2) is 5.48. The van der Waals surface area contributed by atoms with E-state index in [0.717, 1.165) is 16.9 Å². The summed E-state index contributed by atoms with van der Waals surface area (Å²) in [6, 6.07) is 2.04. The summed E-state index contributed by atoms with van der Waals surface area (Å²) < 4.78 is 0. The van der Waals surface area contributed by atoms with Crippen LogP contribution in [0.3, 0.4) is 0 Å². The van der Waals surface area contributed by atoms with Crippen LogP contribution in [0.5, 0.6) is 0 Å². The molecule has 1 amide bonds. The Bertz CT molecular complexity index is 607. The Labute approximate surface area is 137 Å². The molecule has 0 aliphatic carbocycles. The van der Waals surface area contributed by atoms with Gasteiger partial charge in [0.05, 0.1) is 5.41 Å². The molecular formula is C18H27NO2S. The molecule has 1 fully saturated rings. The highest BCUT2D eigenvalue weighted by Gasteiger charge is 2.46. The number of Topliss-reactive ketones (excluding diaryl/α,β-unsaturated/α-hetero) is 1. The largest absolute Gasteiger partial charge is 0.345 e. The highest BCUT2D eigenvalue weighted by Crippen LogP contribution is 2.40. The van der Waals surface area contributed by atoms with Crippen LogP contribution < -0.4 is 0 Å². The third-order valence-electron chi connectivity index (χ3n) is 4.76. The van der Waals surface area contributed by atoms with E-state index in [1.807, 2.05) is 33.9 Å². The Hall–Kier alpha value is -1.16. The topological polar surface area (TPSA) is 37.4 Å². The van der Waals surface area contributed by atoms with Crippen molar-refractivity contribution in [3.63, 3.8) is 0 Å². The molecule has 4 heteroatoms. The molecule has 1 aromatic rings. The number of amides is 1. The maximum atomic E-state index is 13.1. The fraction of sp³-hybridized carbons (Fsp3) is 0.667. The van der Waals surface area contributed by atoms with Gasteiger partial charge < -0.3 is 4.90 Å². The van der Waals surface area contributed by atoms with E-state index < -0.39 is 5.41 Å². The summed E-state index contributed by atoms with van der Waals surface area (Å²) in [5.74, 6) is -0.0194. The van der Waals surface area contributed by atoms with Crippen LogP contribution in [0.4, 0.5) is 0 Å². The van der Waals surface area contributed by atoms with Crippen molar-refractivity contribution in [3.8, 4) is 0 Å². The number of hydrogen-bond acceptors (Lipinski definition) is 3. The summed E-state index contributed by atoms with van der Waals surface area (Å²) in [6.07, 6.45) is 0.744. The van der Waals surface area contributed by atoms with Crippen molar-refractivity contribution in [1.29, 1.82) is 0 Å². The summed E-state index contributed by atoms with van der Waals surface area (Å²) in [7, 11) is 1.82. The number of nitrogens with zero attached hydrogens (tertiary/aromatic N) is 1. The first-order chi connectivity index (χ1) is 9.96. The second-order valence-electron chi connectivity index (χ2n) is 7.98. The van der Waals surface area contributed by atoms with Gasteiger partial charge in [0.25, 0.3) is 0 Å². The van der Waals surface area contributed by atoms with Crippen LogP contribution in [0.25, 0.3) is 0 Å². The fourth-order valence-electron chi connectivity index (χ4n) is 3.17. The van der Waals surface area contributed by atoms with Gasteiger partial charge in [-0.2, -0.15) is 0 Å². The molecule has 1 aliphatic rings. The number of piperidine rings is 1. The maximum absolute atomic E-state index is 13.1. The molecule has 0 saturated carbocycles. The third-order valence-corrected chi connectivity index (χ3v) is 6.24. The van der Waals surface area contributed by atoms with Gasteiger partial charge in [-0.15, -0.1) is 11.3 Å². The van der Waals surface area contributed by atoms with E-state index in [2.05, 4.69) is 20.8 Å². The number of hydrogen-bond donors (Lipinski definition) is 0. The van der Waals surface area contributed by atoms with Crippen LogP contribution in [0, 0.1) is 18.3 Å². The van der Waals surface area contributed by atoms with Crippen molar-refractivity contribution in [3.05, 3.63) is 21.4 Å². The van der Waals surface area contributed by atoms with Crippen LogP contribution >= 0.6 is 11.3 Å². The number of likely N-dealkylation sites (tertiary alicyclic amines) is 1. The van der Waals surface area contributed by atoms with Crippen molar-refractivity contribution < 1.29 is 9.59 Å². The highest BCUT2D eigenvalue weighted by atomic mass is 32.1. The number of carbonyl (C=O) groups is 2. The molecule has 1 atom stereocenters. The average molecular weight is 321 g/mol. The van der Waals surface area contributed by atoms with Gasteiger partial charge in [-0.3, -0.25) is 9.59 Å². The van der Waals surface area contributed by atoms with Crippen LogP contribution in [0.1, 0.15) is 61.2 Å². The quantitative estimate of drug-likeness (QED) is 0.771. The summed E-state index contributed by atoms with van der Waals surface area (Å²) >= 11 is 1.70. The SMILES string of the molecule is Cc1sc(C(C)(C)C)cc1C(=O)C1CCN(C)C(=O)C1(C)C. The third kappa shape index (κ3) is 2.85. The molecule has 3 nitrogen and oxygen atoms in total. The number of rotatable bonds is 2. The van der Waals surface area contributed by atoms with Gasteiger partial charge >= 0.3 is 0 Å². The molecule has 1 aromatic heterocycles. The van der Waals surface area contributed by atoms with E-state index in [9.17, 15) is 9.59 Å². The molecule has 1 aliphatic heterocycles. The Balaban J connectivity index is 2.36. The number of carbonyl (C=O) groups excluding carboxylic acids is 2. The van der Waals surface area contributed by atoms with E-state index in [0.29, 0.717) is 6.54 Å². The lowest BCUT2D eigenvalue weighted by Gasteiger charge is -2.40. The molecule has 0 radical (unpaired) electrons.